The van der Waals surface area contributed by atoms with Gasteiger partial charge in [-0.2, -0.15) is 0 Å². The number of nitrogens with zero attached hydrogens (tertiary/aromatic N) is 1. The summed E-state index contributed by atoms with van der Waals surface area (Å²) in [4.78, 5) is 20.9. The predicted octanol–water partition coefficient (Wildman–Crippen LogP) is 1.98. The van der Waals surface area contributed by atoms with Crippen LogP contribution < -0.4 is 5.32 Å². The van der Waals surface area contributed by atoms with Crippen LogP contribution in [0.3, 0.4) is 0 Å². The molecule has 0 saturated carbocycles. The number of carbonyl (C=O) groups excluding carboxylic acids is 1. The fourth-order valence-electron chi connectivity index (χ4n) is 1.17. The summed E-state index contributed by atoms with van der Waals surface area (Å²) in [7, 11) is 0. The summed E-state index contributed by atoms with van der Waals surface area (Å²) in [6.07, 6.45) is 0. The van der Waals surface area contributed by atoms with Crippen LogP contribution in [-0.4, -0.2) is 10.8 Å². The molecule has 0 aliphatic rings. The van der Waals surface area contributed by atoms with Crippen molar-refractivity contribution in [1.82, 2.24) is 0 Å². The number of nitro groups is 1. The molecule has 0 spiro atoms. The van der Waals surface area contributed by atoms with Crippen molar-refractivity contribution < 1.29 is 9.72 Å². The van der Waals surface area contributed by atoms with Gasteiger partial charge < -0.3 is 5.32 Å². The Morgan fingerprint density at radius 3 is 2.33 bits per heavy atom. The highest BCUT2D eigenvalue weighted by atomic mass is 16.6. The van der Waals surface area contributed by atoms with Crippen molar-refractivity contribution in [1.29, 1.82) is 0 Å². The van der Waals surface area contributed by atoms with Gasteiger partial charge in [0.2, 0.25) is 11.9 Å². The van der Waals surface area contributed by atoms with E-state index in [1.165, 1.54) is 13.8 Å². The first-order chi connectivity index (χ1) is 7.00. The van der Waals surface area contributed by atoms with Crippen LogP contribution in [0, 0.1) is 10.1 Å². The zero-order valence-corrected chi connectivity index (χ0v) is 8.56. The van der Waals surface area contributed by atoms with Gasteiger partial charge in [0.05, 0.1) is 0 Å². The van der Waals surface area contributed by atoms with Gasteiger partial charge in [-0.15, -0.1) is 0 Å². The molecule has 1 aromatic rings. The lowest BCUT2D eigenvalue weighted by Crippen LogP contribution is -2.08. The fraction of sp³-hybridized carbons (Fsp3) is 0.300. The molecule has 1 N–H and O–H groups in total. The number of hydrogen-bond acceptors (Lipinski definition) is 3. The molecule has 0 fully saturated rings. The van der Waals surface area contributed by atoms with E-state index in [-0.39, 0.29) is 10.8 Å². The second-order valence-electron chi connectivity index (χ2n) is 3.26. The van der Waals surface area contributed by atoms with Gasteiger partial charge >= 0.3 is 0 Å². The third kappa shape index (κ3) is 3.05. The lowest BCUT2D eigenvalue weighted by atomic mass is 10.1. The van der Waals surface area contributed by atoms with E-state index < -0.39 is 6.04 Å². The van der Waals surface area contributed by atoms with Gasteiger partial charge in [-0.25, -0.2) is 0 Å². The van der Waals surface area contributed by atoms with Gasteiger partial charge in [0, 0.05) is 30.0 Å². The van der Waals surface area contributed by atoms with Crippen LogP contribution in [0.15, 0.2) is 24.3 Å². The predicted molar refractivity (Wildman–Crippen MR) is 56.2 cm³/mol. The van der Waals surface area contributed by atoms with Crippen LogP contribution in [0.4, 0.5) is 5.69 Å². The molecule has 0 saturated heterocycles. The SMILES string of the molecule is CC(=O)Nc1ccc(C(C)[N+](=O)[O-])cc1. The van der Waals surface area contributed by atoms with Gasteiger partial charge in [-0.05, 0) is 12.1 Å². The zero-order chi connectivity index (χ0) is 11.4. The first-order valence-electron chi connectivity index (χ1n) is 4.51. The Kier molecular flexibility index (Phi) is 3.38. The molecule has 1 rings (SSSR count). The van der Waals surface area contributed by atoms with Crippen molar-refractivity contribution in [3.05, 3.63) is 39.9 Å². The third-order valence-corrected chi connectivity index (χ3v) is 2.03. The normalized spacial score (nSPS) is 11.9. The molecule has 15 heavy (non-hydrogen) atoms. The summed E-state index contributed by atoms with van der Waals surface area (Å²) in [6.45, 7) is 2.93. The molecule has 5 nitrogen and oxygen atoms in total. The van der Waals surface area contributed by atoms with E-state index in [1.54, 1.807) is 24.3 Å². The van der Waals surface area contributed by atoms with Crippen LogP contribution >= 0.6 is 0 Å². The van der Waals surface area contributed by atoms with E-state index in [1.807, 2.05) is 0 Å². The standard InChI is InChI=1S/C10H12N2O3/c1-7(12(14)15)9-3-5-10(6-4-9)11-8(2)13/h3-7H,1-2H3,(H,11,13). The van der Waals surface area contributed by atoms with E-state index in [4.69, 9.17) is 0 Å². The largest absolute Gasteiger partial charge is 0.326 e. The Hall–Kier alpha value is -1.91. The maximum atomic E-state index is 10.7. The summed E-state index contributed by atoms with van der Waals surface area (Å²) in [5, 5.41) is 13.1. The molecule has 0 aliphatic carbocycles. The third-order valence-electron chi connectivity index (χ3n) is 2.03. The van der Waals surface area contributed by atoms with E-state index in [9.17, 15) is 14.9 Å². The van der Waals surface area contributed by atoms with Crippen LogP contribution in [0.1, 0.15) is 25.5 Å². The van der Waals surface area contributed by atoms with E-state index in [2.05, 4.69) is 5.32 Å². The molecule has 1 unspecified atom stereocenters. The Labute approximate surface area is 87.3 Å². The van der Waals surface area contributed by atoms with Crippen molar-refractivity contribution in [3.8, 4) is 0 Å². The van der Waals surface area contributed by atoms with Gasteiger partial charge in [-0.3, -0.25) is 14.9 Å². The highest BCUT2D eigenvalue weighted by molar-refractivity contribution is 5.88. The number of nitrogens with one attached hydrogen (secondary N) is 1. The lowest BCUT2D eigenvalue weighted by Gasteiger charge is -2.05. The van der Waals surface area contributed by atoms with E-state index in [0.717, 1.165) is 0 Å². The lowest BCUT2D eigenvalue weighted by molar-refractivity contribution is -0.524. The second kappa shape index (κ2) is 4.54. The average molecular weight is 208 g/mol. The molecule has 0 aromatic heterocycles. The molecular formula is C10H12N2O3. The first-order valence-corrected chi connectivity index (χ1v) is 4.51. The molecule has 0 radical (unpaired) electrons. The summed E-state index contributed by atoms with van der Waals surface area (Å²) >= 11 is 0. The minimum atomic E-state index is -0.726. The zero-order valence-electron chi connectivity index (χ0n) is 8.56. The molecule has 5 heteroatoms. The topological polar surface area (TPSA) is 72.2 Å². The summed E-state index contributed by atoms with van der Waals surface area (Å²) in [5.74, 6) is -0.162. The molecule has 1 amide bonds. The quantitative estimate of drug-likeness (QED) is 0.609. The van der Waals surface area contributed by atoms with Crippen LogP contribution in [0.2, 0.25) is 0 Å². The van der Waals surface area contributed by atoms with Crippen molar-refractivity contribution >= 4 is 11.6 Å². The van der Waals surface area contributed by atoms with Crippen molar-refractivity contribution in [3.63, 3.8) is 0 Å². The second-order valence-corrected chi connectivity index (χ2v) is 3.26. The Balaban J connectivity index is 2.80. The van der Waals surface area contributed by atoms with Gasteiger partial charge in [-0.1, -0.05) is 12.1 Å². The van der Waals surface area contributed by atoms with Crippen LogP contribution in [-0.2, 0) is 4.79 Å². The minimum Gasteiger partial charge on any atom is -0.326 e. The Morgan fingerprint density at radius 1 is 1.40 bits per heavy atom. The number of amides is 1. The number of benzene rings is 1. The number of hydrogen-bond donors (Lipinski definition) is 1. The average Bonchev–Trinajstić information content (AvgIpc) is 2.17. The Morgan fingerprint density at radius 2 is 1.93 bits per heavy atom. The minimum absolute atomic E-state index is 0.162. The van der Waals surface area contributed by atoms with E-state index in [0.29, 0.717) is 11.3 Å². The maximum Gasteiger partial charge on any atom is 0.235 e. The molecule has 0 bridgehead atoms. The smallest absolute Gasteiger partial charge is 0.235 e. The molecule has 1 aromatic carbocycles. The number of rotatable bonds is 3. The highest BCUT2D eigenvalue weighted by Crippen LogP contribution is 2.18. The first kappa shape index (κ1) is 11.2. The van der Waals surface area contributed by atoms with Crippen LogP contribution in [0.25, 0.3) is 0 Å². The molecule has 80 valence electrons. The summed E-state index contributed by atoms with van der Waals surface area (Å²) in [6, 6.07) is 5.85. The molecular weight excluding hydrogens is 196 g/mol. The van der Waals surface area contributed by atoms with Gasteiger partial charge in [0.1, 0.15) is 0 Å². The van der Waals surface area contributed by atoms with Crippen molar-refractivity contribution in [2.24, 2.45) is 0 Å². The Bertz CT molecular complexity index is 373. The summed E-state index contributed by atoms with van der Waals surface area (Å²) in [5.41, 5.74) is 1.26. The van der Waals surface area contributed by atoms with Gasteiger partial charge in [0.25, 0.3) is 0 Å². The molecule has 1 atom stereocenters. The summed E-state index contributed by atoms with van der Waals surface area (Å²) < 4.78 is 0. The monoisotopic (exact) mass is 208 g/mol. The van der Waals surface area contributed by atoms with Crippen molar-refractivity contribution in [2.45, 2.75) is 19.9 Å². The molecule has 0 aliphatic heterocycles. The maximum absolute atomic E-state index is 10.7. The fourth-order valence-corrected chi connectivity index (χ4v) is 1.17. The highest BCUT2D eigenvalue weighted by Gasteiger charge is 2.14. The van der Waals surface area contributed by atoms with E-state index >= 15 is 0 Å². The van der Waals surface area contributed by atoms with Crippen LogP contribution in [0.5, 0.6) is 0 Å². The number of carbonyl (C=O) groups is 1. The van der Waals surface area contributed by atoms with Crippen molar-refractivity contribution in [2.75, 3.05) is 5.32 Å². The number of anilines is 1. The van der Waals surface area contributed by atoms with Gasteiger partial charge in [0.15, 0.2) is 0 Å². The molecule has 0 heterocycles.